The number of phenolic OH excluding ortho intramolecular Hbond substituents is 1. The molecule has 0 saturated heterocycles. The summed E-state index contributed by atoms with van der Waals surface area (Å²) in [6.07, 6.45) is 0. The number of halogens is 1. The first kappa shape index (κ1) is 8.97. The van der Waals surface area contributed by atoms with Crippen molar-refractivity contribution in [3.63, 3.8) is 0 Å². The van der Waals surface area contributed by atoms with E-state index >= 15 is 0 Å². The Labute approximate surface area is 85.9 Å². The minimum Gasteiger partial charge on any atom is -0.507 e. The van der Waals surface area contributed by atoms with E-state index in [1.54, 1.807) is 18.2 Å². The van der Waals surface area contributed by atoms with Gasteiger partial charge >= 0.3 is 0 Å². The smallest absolute Gasteiger partial charge is 0.125 e. The van der Waals surface area contributed by atoms with Crippen LogP contribution in [-0.4, -0.2) is 5.11 Å². The molecule has 0 fully saturated rings. The van der Waals surface area contributed by atoms with Gasteiger partial charge < -0.3 is 16.6 Å². The number of hydrogen-bond acceptors (Lipinski definition) is 3. The van der Waals surface area contributed by atoms with E-state index in [4.69, 9.17) is 23.1 Å². The SMILES string of the molecule is Nc1ccc(N)c2c(Cl)ccc(O)c12. The summed E-state index contributed by atoms with van der Waals surface area (Å²) in [5.74, 6) is 0.0919. The fourth-order valence-electron chi connectivity index (χ4n) is 1.49. The fraction of sp³-hybridized carbons (Fsp3) is 0. The monoisotopic (exact) mass is 208 g/mol. The molecule has 0 aliphatic heterocycles. The Balaban J connectivity index is 3.05. The molecule has 0 heterocycles. The van der Waals surface area contributed by atoms with E-state index in [-0.39, 0.29) is 5.75 Å². The average Bonchev–Trinajstić information content (AvgIpc) is 2.16. The lowest BCUT2D eigenvalue weighted by Gasteiger charge is -2.08. The second-order valence-corrected chi connectivity index (χ2v) is 3.47. The van der Waals surface area contributed by atoms with Crippen LogP contribution in [0.1, 0.15) is 0 Å². The van der Waals surface area contributed by atoms with Gasteiger partial charge in [-0.15, -0.1) is 0 Å². The Morgan fingerprint density at radius 3 is 2.07 bits per heavy atom. The van der Waals surface area contributed by atoms with E-state index in [1.165, 1.54) is 6.07 Å². The van der Waals surface area contributed by atoms with Crippen molar-refractivity contribution in [2.75, 3.05) is 11.5 Å². The topological polar surface area (TPSA) is 72.3 Å². The first-order valence-corrected chi connectivity index (χ1v) is 4.44. The first-order valence-electron chi connectivity index (χ1n) is 4.06. The Bertz CT molecular complexity index is 422. The third kappa shape index (κ3) is 1.14. The van der Waals surface area contributed by atoms with Crippen LogP contribution in [-0.2, 0) is 0 Å². The minimum atomic E-state index is 0.0919. The Morgan fingerprint density at radius 1 is 0.929 bits per heavy atom. The Morgan fingerprint density at radius 2 is 1.50 bits per heavy atom. The number of nitrogen functional groups attached to an aromatic ring is 2. The molecule has 4 heteroatoms. The highest BCUT2D eigenvalue weighted by Crippen LogP contribution is 2.37. The molecule has 2 aromatic carbocycles. The Hall–Kier alpha value is -1.61. The van der Waals surface area contributed by atoms with Crippen molar-refractivity contribution < 1.29 is 5.11 Å². The molecule has 0 atom stereocenters. The molecular formula is C10H9ClN2O. The lowest BCUT2D eigenvalue weighted by molar-refractivity contribution is 0.482. The molecule has 72 valence electrons. The molecule has 0 amide bonds. The molecular weight excluding hydrogens is 200 g/mol. The van der Waals surface area contributed by atoms with Gasteiger partial charge in [-0.25, -0.2) is 0 Å². The standard InChI is InChI=1S/C10H9ClN2O/c11-5-1-4-8(14)10-7(13)3-2-6(12)9(5)10/h1-4,14H,12-13H2. The van der Waals surface area contributed by atoms with Crippen LogP contribution in [0.2, 0.25) is 5.02 Å². The van der Waals surface area contributed by atoms with Gasteiger partial charge in [0.25, 0.3) is 0 Å². The maximum absolute atomic E-state index is 9.61. The fourth-order valence-corrected chi connectivity index (χ4v) is 1.75. The number of benzene rings is 2. The van der Waals surface area contributed by atoms with Crippen molar-refractivity contribution in [2.45, 2.75) is 0 Å². The second kappa shape index (κ2) is 2.96. The Kier molecular flexibility index (Phi) is 1.89. The molecule has 14 heavy (non-hydrogen) atoms. The summed E-state index contributed by atoms with van der Waals surface area (Å²) >= 11 is 5.96. The van der Waals surface area contributed by atoms with Crippen LogP contribution in [0, 0.1) is 0 Å². The van der Waals surface area contributed by atoms with E-state index in [0.29, 0.717) is 27.2 Å². The van der Waals surface area contributed by atoms with E-state index in [9.17, 15) is 5.11 Å². The number of aromatic hydroxyl groups is 1. The highest BCUT2D eigenvalue weighted by Gasteiger charge is 2.09. The van der Waals surface area contributed by atoms with Crippen LogP contribution in [0.15, 0.2) is 24.3 Å². The van der Waals surface area contributed by atoms with Gasteiger partial charge in [0.1, 0.15) is 5.75 Å². The number of fused-ring (bicyclic) bond motifs is 1. The predicted molar refractivity (Wildman–Crippen MR) is 59.4 cm³/mol. The van der Waals surface area contributed by atoms with E-state index in [2.05, 4.69) is 0 Å². The second-order valence-electron chi connectivity index (χ2n) is 3.06. The lowest BCUT2D eigenvalue weighted by atomic mass is 10.1. The maximum Gasteiger partial charge on any atom is 0.125 e. The first-order chi connectivity index (χ1) is 6.61. The van der Waals surface area contributed by atoms with Crippen LogP contribution < -0.4 is 11.5 Å². The van der Waals surface area contributed by atoms with Crippen LogP contribution in [0.4, 0.5) is 11.4 Å². The molecule has 3 nitrogen and oxygen atoms in total. The molecule has 5 N–H and O–H groups in total. The molecule has 0 radical (unpaired) electrons. The zero-order valence-electron chi connectivity index (χ0n) is 7.29. The van der Waals surface area contributed by atoms with Gasteiger partial charge in [-0.2, -0.15) is 0 Å². The summed E-state index contributed by atoms with van der Waals surface area (Å²) in [5.41, 5.74) is 12.4. The van der Waals surface area contributed by atoms with Crippen LogP contribution in [0.25, 0.3) is 10.8 Å². The number of anilines is 2. The number of rotatable bonds is 0. The zero-order chi connectivity index (χ0) is 10.3. The summed E-state index contributed by atoms with van der Waals surface area (Å²) in [4.78, 5) is 0. The summed E-state index contributed by atoms with van der Waals surface area (Å²) < 4.78 is 0. The zero-order valence-corrected chi connectivity index (χ0v) is 8.05. The van der Waals surface area contributed by atoms with E-state index in [0.717, 1.165) is 0 Å². The van der Waals surface area contributed by atoms with Gasteiger partial charge in [0, 0.05) is 16.8 Å². The molecule has 0 spiro atoms. The van der Waals surface area contributed by atoms with Crippen LogP contribution in [0.5, 0.6) is 5.75 Å². The van der Waals surface area contributed by atoms with Gasteiger partial charge in [0.15, 0.2) is 0 Å². The average molecular weight is 209 g/mol. The highest BCUT2D eigenvalue weighted by molar-refractivity contribution is 6.37. The number of phenols is 1. The van der Waals surface area contributed by atoms with Crippen molar-refractivity contribution >= 4 is 33.7 Å². The molecule has 2 rings (SSSR count). The minimum absolute atomic E-state index is 0.0919. The molecule has 0 unspecified atom stereocenters. The molecule has 0 aromatic heterocycles. The summed E-state index contributed by atoms with van der Waals surface area (Å²) in [5, 5.41) is 11.2. The van der Waals surface area contributed by atoms with Gasteiger partial charge in [-0.1, -0.05) is 11.6 Å². The highest BCUT2D eigenvalue weighted by atomic mass is 35.5. The van der Waals surface area contributed by atoms with E-state index < -0.39 is 0 Å². The van der Waals surface area contributed by atoms with Gasteiger partial charge in [0.05, 0.1) is 10.4 Å². The van der Waals surface area contributed by atoms with Gasteiger partial charge in [-0.05, 0) is 24.3 Å². The maximum atomic E-state index is 9.61. The quantitative estimate of drug-likeness (QED) is 0.582. The van der Waals surface area contributed by atoms with Crippen molar-refractivity contribution in [1.82, 2.24) is 0 Å². The molecule has 2 aromatic rings. The van der Waals surface area contributed by atoms with Gasteiger partial charge in [-0.3, -0.25) is 0 Å². The summed E-state index contributed by atoms with van der Waals surface area (Å²) in [7, 11) is 0. The lowest BCUT2D eigenvalue weighted by Crippen LogP contribution is -1.92. The molecule has 0 aliphatic rings. The van der Waals surface area contributed by atoms with Crippen LogP contribution >= 0.6 is 11.6 Å². The third-order valence-corrected chi connectivity index (χ3v) is 2.47. The van der Waals surface area contributed by atoms with Crippen molar-refractivity contribution in [3.8, 4) is 5.75 Å². The molecule has 0 saturated carbocycles. The van der Waals surface area contributed by atoms with Crippen molar-refractivity contribution in [3.05, 3.63) is 29.3 Å². The normalized spacial score (nSPS) is 10.6. The third-order valence-electron chi connectivity index (χ3n) is 2.15. The number of nitrogens with two attached hydrogens (primary N) is 2. The number of hydrogen-bond donors (Lipinski definition) is 3. The van der Waals surface area contributed by atoms with Crippen molar-refractivity contribution in [2.24, 2.45) is 0 Å². The largest absolute Gasteiger partial charge is 0.507 e. The van der Waals surface area contributed by atoms with Gasteiger partial charge in [0.2, 0.25) is 0 Å². The van der Waals surface area contributed by atoms with Crippen molar-refractivity contribution in [1.29, 1.82) is 0 Å². The van der Waals surface area contributed by atoms with E-state index in [1.807, 2.05) is 0 Å². The summed E-state index contributed by atoms with van der Waals surface area (Å²) in [6.45, 7) is 0. The van der Waals surface area contributed by atoms with Crippen LogP contribution in [0.3, 0.4) is 0 Å². The summed E-state index contributed by atoms with van der Waals surface area (Å²) in [6, 6.07) is 6.41. The molecule has 0 aliphatic carbocycles. The molecule has 0 bridgehead atoms. The predicted octanol–water partition coefficient (Wildman–Crippen LogP) is 2.36.